The molecule has 1 heterocycles. The number of sulfonamides is 1. The Morgan fingerprint density at radius 1 is 0.893 bits per heavy atom. The second-order valence-electron chi connectivity index (χ2n) is 7.22. The van der Waals surface area contributed by atoms with Gasteiger partial charge < -0.3 is 10.2 Å². The maximum Gasteiger partial charge on any atom is 0.414 e. The van der Waals surface area contributed by atoms with Gasteiger partial charge in [-0.3, -0.25) is 4.90 Å². The lowest BCUT2D eigenvalue weighted by molar-refractivity contribution is -0.159. The molecule has 1 saturated heterocycles. The normalized spacial score (nSPS) is 24.0. The predicted molar refractivity (Wildman–Crippen MR) is 105 cm³/mol. The number of hydrogen-bond donors (Lipinski definition) is 2. The number of hydrogen-bond acceptors (Lipinski definition) is 5. The van der Waals surface area contributed by atoms with Gasteiger partial charge in [-0.05, 0) is 37.2 Å². The van der Waals surface area contributed by atoms with Crippen LogP contribution < -0.4 is 0 Å². The molecule has 156 valence electrons. The van der Waals surface area contributed by atoms with Crippen LogP contribution in [0.25, 0.3) is 0 Å². The van der Waals surface area contributed by atoms with E-state index < -0.39 is 22.0 Å². The zero-order chi connectivity index (χ0) is 20.7. The second-order valence-corrected chi connectivity index (χ2v) is 9.21. The number of benzene rings is 1. The number of aliphatic carboxylic acids is 2. The largest absolute Gasteiger partial charge is 0.473 e. The standard InChI is InChI=1S/C17H26N2O2S.C2H2O4/c1-22(20,21)19-13-11-18(12-14-19)17-9-7-16(8-10-17)15-5-3-2-4-6-15;3-1(4)2(5)6/h2-6,16-17H,7-14H2,1H3;(H,3,4)(H,5,6). The van der Waals surface area contributed by atoms with Crippen molar-refractivity contribution < 1.29 is 28.2 Å². The highest BCUT2D eigenvalue weighted by Crippen LogP contribution is 2.34. The lowest BCUT2D eigenvalue weighted by atomic mass is 9.81. The van der Waals surface area contributed by atoms with Crippen molar-refractivity contribution in [3.63, 3.8) is 0 Å². The Balaban J connectivity index is 0.000000409. The summed E-state index contributed by atoms with van der Waals surface area (Å²) in [5.41, 5.74) is 1.47. The molecule has 8 nitrogen and oxygen atoms in total. The minimum atomic E-state index is -3.02. The van der Waals surface area contributed by atoms with Gasteiger partial charge in [-0.1, -0.05) is 30.3 Å². The monoisotopic (exact) mass is 412 g/mol. The summed E-state index contributed by atoms with van der Waals surface area (Å²) in [6.07, 6.45) is 6.28. The molecule has 1 aliphatic carbocycles. The molecular weight excluding hydrogens is 384 g/mol. The van der Waals surface area contributed by atoms with E-state index in [9.17, 15) is 8.42 Å². The molecular formula is C19H28N2O6S. The first-order valence-corrected chi connectivity index (χ1v) is 11.2. The van der Waals surface area contributed by atoms with Gasteiger partial charge >= 0.3 is 11.9 Å². The molecule has 28 heavy (non-hydrogen) atoms. The molecule has 3 rings (SSSR count). The van der Waals surface area contributed by atoms with Crippen molar-refractivity contribution >= 4 is 22.0 Å². The summed E-state index contributed by atoms with van der Waals surface area (Å²) >= 11 is 0. The highest BCUT2D eigenvalue weighted by atomic mass is 32.2. The van der Waals surface area contributed by atoms with Gasteiger partial charge in [0, 0.05) is 32.2 Å². The number of carbonyl (C=O) groups is 2. The van der Waals surface area contributed by atoms with Gasteiger partial charge in [0.15, 0.2) is 0 Å². The Bertz CT molecular complexity index is 740. The van der Waals surface area contributed by atoms with Crippen LogP contribution in [0.2, 0.25) is 0 Å². The number of carboxylic acids is 2. The average molecular weight is 413 g/mol. The fourth-order valence-corrected chi connectivity index (χ4v) is 4.73. The fraction of sp³-hybridized carbons (Fsp3) is 0.579. The van der Waals surface area contributed by atoms with Crippen molar-refractivity contribution in [2.24, 2.45) is 0 Å². The van der Waals surface area contributed by atoms with Gasteiger partial charge in [-0.25, -0.2) is 18.0 Å². The van der Waals surface area contributed by atoms with E-state index in [0.29, 0.717) is 25.0 Å². The number of nitrogens with zero attached hydrogens (tertiary/aromatic N) is 2. The summed E-state index contributed by atoms with van der Waals surface area (Å²) in [5.74, 6) is -2.94. The highest BCUT2D eigenvalue weighted by molar-refractivity contribution is 7.88. The van der Waals surface area contributed by atoms with Crippen LogP contribution in [0.4, 0.5) is 0 Å². The van der Waals surface area contributed by atoms with Crippen LogP contribution in [0.15, 0.2) is 30.3 Å². The number of carboxylic acid groups (broad SMARTS) is 2. The molecule has 9 heteroatoms. The van der Waals surface area contributed by atoms with Crippen molar-refractivity contribution in [3.8, 4) is 0 Å². The molecule has 0 aromatic heterocycles. The summed E-state index contributed by atoms with van der Waals surface area (Å²) in [5, 5.41) is 14.8. The first-order valence-electron chi connectivity index (χ1n) is 9.39. The zero-order valence-corrected chi connectivity index (χ0v) is 16.8. The zero-order valence-electron chi connectivity index (χ0n) is 16.0. The molecule has 2 N–H and O–H groups in total. The lowest BCUT2D eigenvalue weighted by Gasteiger charge is -2.41. The third kappa shape index (κ3) is 6.57. The van der Waals surface area contributed by atoms with E-state index in [0.717, 1.165) is 13.1 Å². The SMILES string of the molecule is CS(=O)(=O)N1CCN(C2CCC(c3ccccc3)CC2)CC1.O=C(O)C(=O)O. The second kappa shape index (κ2) is 9.99. The molecule has 2 fully saturated rings. The summed E-state index contributed by atoms with van der Waals surface area (Å²) in [4.78, 5) is 20.7. The first-order chi connectivity index (χ1) is 13.2. The Morgan fingerprint density at radius 3 is 1.82 bits per heavy atom. The van der Waals surface area contributed by atoms with Crippen LogP contribution in [-0.2, 0) is 19.6 Å². The third-order valence-electron chi connectivity index (χ3n) is 5.41. The van der Waals surface area contributed by atoms with Crippen LogP contribution >= 0.6 is 0 Å². The molecule has 0 unspecified atom stereocenters. The Morgan fingerprint density at radius 2 is 1.39 bits per heavy atom. The van der Waals surface area contributed by atoms with Crippen LogP contribution in [0.3, 0.4) is 0 Å². The predicted octanol–water partition coefficient (Wildman–Crippen LogP) is 1.45. The Hall–Kier alpha value is -1.97. The van der Waals surface area contributed by atoms with Gasteiger partial charge in [0.1, 0.15) is 0 Å². The minimum absolute atomic E-state index is 0.640. The fourth-order valence-electron chi connectivity index (χ4n) is 3.90. The molecule has 1 aromatic rings. The van der Waals surface area contributed by atoms with Gasteiger partial charge in [-0.2, -0.15) is 4.31 Å². The molecule has 0 amide bonds. The van der Waals surface area contributed by atoms with Crippen LogP contribution in [-0.4, -0.2) is 78.3 Å². The summed E-state index contributed by atoms with van der Waals surface area (Å²) in [6.45, 7) is 3.07. The summed E-state index contributed by atoms with van der Waals surface area (Å²) in [7, 11) is -3.02. The smallest absolute Gasteiger partial charge is 0.414 e. The molecule has 1 saturated carbocycles. The quantitative estimate of drug-likeness (QED) is 0.722. The van der Waals surface area contributed by atoms with Gasteiger partial charge in [-0.15, -0.1) is 0 Å². The number of piperazine rings is 1. The van der Waals surface area contributed by atoms with Crippen molar-refractivity contribution in [1.82, 2.24) is 9.21 Å². The number of rotatable bonds is 3. The van der Waals surface area contributed by atoms with E-state index in [1.165, 1.54) is 37.5 Å². The molecule has 1 aromatic carbocycles. The van der Waals surface area contributed by atoms with E-state index in [1.54, 1.807) is 4.31 Å². The van der Waals surface area contributed by atoms with E-state index in [4.69, 9.17) is 19.8 Å². The van der Waals surface area contributed by atoms with E-state index in [2.05, 4.69) is 35.2 Å². The maximum atomic E-state index is 11.6. The van der Waals surface area contributed by atoms with Crippen LogP contribution in [0.1, 0.15) is 37.2 Å². The summed E-state index contributed by atoms with van der Waals surface area (Å²) < 4.78 is 24.8. The topological polar surface area (TPSA) is 115 Å². The molecule has 0 atom stereocenters. The van der Waals surface area contributed by atoms with E-state index in [-0.39, 0.29) is 0 Å². The lowest BCUT2D eigenvalue weighted by Crippen LogP contribution is -2.52. The molecule has 2 aliphatic rings. The van der Waals surface area contributed by atoms with E-state index in [1.807, 2.05) is 0 Å². The first kappa shape index (κ1) is 22.3. The Kier molecular flexibility index (Phi) is 7.97. The third-order valence-corrected chi connectivity index (χ3v) is 6.71. The van der Waals surface area contributed by atoms with Crippen molar-refractivity contribution in [2.75, 3.05) is 32.4 Å². The molecule has 0 spiro atoms. The van der Waals surface area contributed by atoms with E-state index >= 15 is 0 Å². The maximum absolute atomic E-state index is 11.6. The Labute approximate surface area is 165 Å². The van der Waals surface area contributed by atoms with Crippen LogP contribution in [0.5, 0.6) is 0 Å². The van der Waals surface area contributed by atoms with Crippen LogP contribution in [0, 0.1) is 0 Å². The van der Waals surface area contributed by atoms with Crippen molar-refractivity contribution in [3.05, 3.63) is 35.9 Å². The average Bonchev–Trinajstić information content (AvgIpc) is 2.69. The molecule has 1 aliphatic heterocycles. The van der Waals surface area contributed by atoms with Gasteiger partial charge in [0.25, 0.3) is 0 Å². The molecule has 0 radical (unpaired) electrons. The van der Waals surface area contributed by atoms with Crippen molar-refractivity contribution in [1.29, 1.82) is 0 Å². The van der Waals surface area contributed by atoms with Crippen molar-refractivity contribution in [2.45, 2.75) is 37.6 Å². The van der Waals surface area contributed by atoms with Gasteiger partial charge in [0.2, 0.25) is 10.0 Å². The highest BCUT2D eigenvalue weighted by Gasteiger charge is 2.30. The summed E-state index contributed by atoms with van der Waals surface area (Å²) in [6, 6.07) is 11.5. The minimum Gasteiger partial charge on any atom is -0.473 e. The molecule has 0 bridgehead atoms. The van der Waals surface area contributed by atoms with Gasteiger partial charge in [0.05, 0.1) is 6.26 Å².